The van der Waals surface area contributed by atoms with Gasteiger partial charge < -0.3 is 15.0 Å². The van der Waals surface area contributed by atoms with Crippen molar-refractivity contribution in [3.05, 3.63) is 63.1 Å². The van der Waals surface area contributed by atoms with E-state index in [2.05, 4.69) is 5.32 Å². The summed E-state index contributed by atoms with van der Waals surface area (Å²) in [5.74, 6) is -0.607. The lowest BCUT2D eigenvalue weighted by molar-refractivity contribution is -0.885. The van der Waals surface area contributed by atoms with Gasteiger partial charge in [0.25, 0.3) is 5.91 Å². The molecule has 0 aliphatic rings. The predicted octanol–water partition coefficient (Wildman–Crippen LogP) is 2.74. The molecule has 138 valence electrons. The zero-order chi connectivity index (χ0) is 19.3. The normalized spacial score (nSPS) is 11.7. The zero-order valence-electron chi connectivity index (χ0n) is 14.9. The summed E-state index contributed by atoms with van der Waals surface area (Å²) in [4.78, 5) is 25.0. The molecule has 0 aliphatic carbocycles. The molecule has 2 aromatic rings. The number of aryl methyl sites for hydroxylation is 1. The second kappa shape index (κ2) is 9.03. The molecule has 0 aromatic heterocycles. The summed E-state index contributed by atoms with van der Waals surface area (Å²) in [7, 11) is 3.22. The molecule has 0 saturated heterocycles. The first-order valence-electron chi connectivity index (χ1n) is 8.04. The van der Waals surface area contributed by atoms with Gasteiger partial charge in [-0.05, 0) is 30.7 Å². The van der Waals surface area contributed by atoms with E-state index < -0.39 is 5.97 Å². The number of amides is 1. The monoisotopic (exact) mass is 395 g/mol. The molecule has 1 amide bonds. The van der Waals surface area contributed by atoms with Gasteiger partial charge in [-0.25, -0.2) is 4.79 Å². The number of esters is 1. The van der Waals surface area contributed by atoms with Crippen molar-refractivity contribution in [2.45, 2.75) is 13.5 Å². The SMILES string of the molecule is COC(=O)c1ccc(C)c(NC(=O)C[NH+](C)Cc2cccc(Cl)c2Cl)c1. The number of likely N-dealkylation sites (N-methyl/N-ethyl adjacent to an activating group) is 1. The van der Waals surface area contributed by atoms with Crippen LogP contribution in [0.1, 0.15) is 21.5 Å². The van der Waals surface area contributed by atoms with Crippen LogP contribution in [0.2, 0.25) is 10.0 Å². The van der Waals surface area contributed by atoms with Gasteiger partial charge in [0, 0.05) is 11.3 Å². The summed E-state index contributed by atoms with van der Waals surface area (Å²) in [5.41, 5.74) is 2.72. The standard InChI is InChI=1S/C19H20Cl2N2O3/c1-12-7-8-13(19(25)26-3)9-16(12)22-17(24)11-23(2)10-14-5-4-6-15(20)18(14)21/h4-9H,10-11H2,1-3H3,(H,22,24)/p+1. The third-order valence-corrected chi connectivity index (χ3v) is 4.78. The van der Waals surface area contributed by atoms with Crippen molar-refractivity contribution >= 4 is 40.8 Å². The van der Waals surface area contributed by atoms with Gasteiger partial charge in [-0.15, -0.1) is 0 Å². The molecular formula is C19H21Cl2N2O3+. The lowest BCUT2D eigenvalue weighted by Crippen LogP contribution is -3.08. The second-order valence-electron chi connectivity index (χ2n) is 6.09. The van der Waals surface area contributed by atoms with Gasteiger partial charge in [0.1, 0.15) is 6.54 Å². The number of hydrogen-bond donors (Lipinski definition) is 2. The Morgan fingerprint density at radius 2 is 1.92 bits per heavy atom. The maximum absolute atomic E-state index is 12.4. The van der Waals surface area contributed by atoms with Crippen molar-refractivity contribution in [3.8, 4) is 0 Å². The minimum Gasteiger partial charge on any atom is -0.465 e. The van der Waals surface area contributed by atoms with E-state index in [9.17, 15) is 9.59 Å². The van der Waals surface area contributed by atoms with E-state index in [0.717, 1.165) is 16.0 Å². The first kappa shape index (κ1) is 20.2. The number of hydrogen-bond acceptors (Lipinski definition) is 3. The Bertz CT molecular complexity index is 824. The number of quaternary nitrogens is 1. The molecule has 0 radical (unpaired) electrons. The van der Waals surface area contributed by atoms with Crippen LogP contribution in [0, 0.1) is 6.92 Å². The number of methoxy groups -OCH3 is 1. The van der Waals surface area contributed by atoms with Crippen LogP contribution in [0.5, 0.6) is 0 Å². The van der Waals surface area contributed by atoms with E-state index in [0.29, 0.717) is 27.8 Å². The zero-order valence-corrected chi connectivity index (χ0v) is 16.4. The number of halogens is 2. The molecule has 0 saturated carbocycles. The Labute approximate surface area is 162 Å². The molecule has 26 heavy (non-hydrogen) atoms. The number of ether oxygens (including phenoxy) is 1. The number of benzene rings is 2. The molecule has 0 bridgehead atoms. The largest absolute Gasteiger partial charge is 0.465 e. The topological polar surface area (TPSA) is 59.8 Å². The summed E-state index contributed by atoms with van der Waals surface area (Å²) in [6, 6.07) is 10.5. The lowest BCUT2D eigenvalue weighted by atomic mass is 10.1. The van der Waals surface area contributed by atoms with Crippen molar-refractivity contribution in [1.29, 1.82) is 0 Å². The Morgan fingerprint density at radius 1 is 1.19 bits per heavy atom. The van der Waals surface area contributed by atoms with Crippen LogP contribution in [0.15, 0.2) is 36.4 Å². The molecule has 2 rings (SSSR count). The molecule has 0 heterocycles. The maximum Gasteiger partial charge on any atom is 0.337 e. The summed E-state index contributed by atoms with van der Waals surface area (Å²) >= 11 is 12.2. The lowest BCUT2D eigenvalue weighted by Gasteiger charge is -2.16. The van der Waals surface area contributed by atoms with E-state index in [-0.39, 0.29) is 12.5 Å². The van der Waals surface area contributed by atoms with Crippen LogP contribution in [0.25, 0.3) is 0 Å². The van der Waals surface area contributed by atoms with E-state index in [1.807, 2.05) is 26.1 Å². The van der Waals surface area contributed by atoms with Gasteiger partial charge in [0.15, 0.2) is 6.54 Å². The fourth-order valence-corrected chi connectivity index (χ4v) is 2.93. The number of carbonyl (C=O) groups is 2. The second-order valence-corrected chi connectivity index (χ2v) is 6.88. The maximum atomic E-state index is 12.4. The van der Waals surface area contributed by atoms with E-state index in [1.54, 1.807) is 24.3 Å². The Hall–Kier alpha value is -2.08. The van der Waals surface area contributed by atoms with Crippen molar-refractivity contribution in [3.63, 3.8) is 0 Å². The molecule has 7 heteroatoms. The fraction of sp³-hybridized carbons (Fsp3) is 0.263. The van der Waals surface area contributed by atoms with E-state index in [1.165, 1.54) is 7.11 Å². The minimum absolute atomic E-state index is 0.161. The van der Waals surface area contributed by atoms with Crippen LogP contribution >= 0.6 is 23.2 Å². The van der Waals surface area contributed by atoms with Crippen molar-refractivity contribution in [1.82, 2.24) is 0 Å². The first-order chi connectivity index (χ1) is 12.3. The molecule has 0 aliphatic heterocycles. The molecular weight excluding hydrogens is 375 g/mol. The Balaban J connectivity index is 2.02. The van der Waals surface area contributed by atoms with Crippen LogP contribution in [0.3, 0.4) is 0 Å². The van der Waals surface area contributed by atoms with Gasteiger partial charge in [0.2, 0.25) is 0 Å². The van der Waals surface area contributed by atoms with Gasteiger partial charge in [-0.2, -0.15) is 0 Å². The average Bonchev–Trinajstić information content (AvgIpc) is 2.60. The highest BCUT2D eigenvalue weighted by molar-refractivity contribution is 6.42. The predicted molar refractivity (Wildman–Crippen MR) is 103 cm³/mol. The summed E-state index contributed by atoms with van der Waals surface area (Å²) in [5, 5.41) is 3.85. The van der Waals surface area contributed by atoms with Crippen molar-refractivity contribution in [2.75, 3.05) is 26.0 Å². The highest BCUT2D eigenvalue weighted by Gasteiger charge is 2.15. The van der Waals surface area contributed by atoms with Gasteiger partial charge in [-0.3, -0.25) is 4.79 Å². The van der Waals surface area contributed by atoms with E-state index in [4.69, 9.17) is 27.9 Å². The smallest absolute Gasteiger partial charge is 0.337 e. The van der Waals surface area contributed by atoms with Crippen molar-refractivity contribution in [2.24, 2.45) is 0 Å². The first-order valence-corrected chi connectivity index (χ1v) is 8.80. The van der Waals surface area contributed by atoms with Crippen molar-refractivity contribution < 1.29 is 19.2 Å². The van der Waals surface area contributed by atoms with Crippen LogP contribution in [-0.2, 0) is 16.1 Å². The van der Waals surface area contributed by atoms with Crippen LogP contribution in [0.4, 0.5) is 5.69 Å². The summed E-state index contributed by atoms with van der Waals surface area (Å²) < 4.78 is 4.71. The average molecular weight is 396 g/mol. The highest BCUT2D eigenvalue weighted by Crippen LogP contribution is 2.24. The van der Waals surface area contributed by atoms with Crippen LogP contribution < -0.4 is 10.2 Å². The third-order valence-electron chi connectivity index (χ3n) is 3.92. The Kier molecular flexibility index (Phi) is 7.03. The third kappa shape index (κ3) is 5.21. The molecule has 1 unspecified atom stereocenters. The molecule has 0 fully saturated rings. The number of rotatable bonds is 6. The molecule has 5 nitrogen and oxygen atoms in total. The highest BCUT2D eigenvalue weighted by atomic mass is 35.5. The Morgan fingerprint density at radius 3 is 2.62 bits per heavy atom. The number of anilines is 1. The quantitative estimate of drug-likeness (QED) is 0.739. The van der Waals surface area contributed by atoms with Gasteiger partial charge in [0.05, 0.1) is 29.8 Å². The number of nitrogens with one attached hydrogen (secondary N) is 2. The van der Waals surface area contributed by atoms with Gasteiger partial charge in [-0.1, -0.05) is 41.4 Å². The summed E-state index contributed by atoms with van der Waals surface area (Å²) in [6.45, 7) is 2.66. The van der Waals surface area contributed by atoms with Gasteiger partial charge >= 0.3 is 5.97 Å². The molecule has 0 spiro atoms. The minimum atomic E-state index is -0.446. The fourth-order valence-electron chi connectivity index (χ4n) is 2.54. The number of carbonyl (C=O) groups excluding carboxylic acids is 2. The van der Waals surface area contributed by atoms with Crippen LogP contribution in [-0.4, -0.2) is 32.6 Å². The molecule has 2 N–H and O–H groups in total. The van der Waals surface area contributed by atoms with E-state index >= 15 is 0 Å². The molecule has 1 atom stereocenters. The summed E-state index contributed by atoms with van der Waals surface area (Å²) in [6.07, 6.45) is 0. The molecule has 2 aromatic carbocycles.